The second-order valence-electron chi connectivity index (χ2n) is 5.81. The zero-order chi connectivity index (χ0) is 16.9. The Morgan fingerprint density at radius 2 is 1.43 bits per heavy atom. The zero-order valence-corrected chi connectivity index (χ0v) is 14.0. The van der Waals surface area contributed by atoms with E-state index in [0.29, 0.717) is 11.8 Å². The highest BCUT2D eigenvalue weighted by Crippen LogP contribution is 2.27. The van der Waals surface area contributed by atoms with Crippen LogP contribution >= 0.6 is 0 Å². The van der Waals surface area contributed by atoms with Crippen molar-refractivity contribution in [1.82, 2.24) is 5.32 Å². The first-order chi connectivity index (χ1) is 11.2. The predicted molar refractivity (Wildman–Crippen MR) is 95.3 cm³/mol. The van der Waals surface area contributed by atoms with Crippen molar-refractivity contribution in [3.63, 3.8) is 0 Å². The second kappa shape index (κ2) is 11.4. The SMILES string of the molecule is CC(C)CNC=O.OCCC(c1ccccc1)c1ccccc1. The Morgan fingerprint density at radius 3 is 1.74 bits per heavy atom. The van der Waals surface area contributed by atoms with Crippen LogP contribution in [0.3, 0.4) is 0 Å². The van der Waals surface area contributed by atoms with Gasteiger partial charge in [-0.2, -0.15) is 0 Å². The summed E-state index contributed by atoms with van der Waals surface area (Å²) in [7, 11) is 0. The highest BCUT2D eigenvalue weighted by Gasteiger charge is 2.12. The van der Waals surface area contributed by atoms with E-state index in [2.05, 4.69) is 43.4 Å². The van der Waals surface area contributed by atoms with E-state index < -0.39 is 0 Å². The van der Waals surface area contributed by atoms with Gasteiger partial charge in [0.05, 0.1) is 0 Å². The number of aliphatic hydroxyl groups is 1. The molecule has 0 aliphatic rings. The first-order valence-electron chi connectivity index (χ1n) is 8.06. The molecule has 2 aromatic carbocycles. The molecule has 0 heterocycles. The number of carbonyl (C=O) groups is 1. The van der Waals surface area contributed by atoms with E-state index in [9.17, 15) is 4.79 Å². The van der Waals surface area contributed by atoms with Crippen LogP contribution in [0.5, 0.6) is 0 Å². The Balaban J connectivity index is 0.000000322. The van der Waals surface area contributed by atoms with Gasteiger partial charge >= 0.3 is 0 Å². The Kier molecular flexibility index (Phi) is 9.41. The van der Waals surface area contributed by atoms with Crippen LogP contribution in [-0.2, 0) is 4.79 Å². The standard InChI is InChI=1S/C15H16O.C5H11NO/c16-12-11-15(13-7-3-1-4-8-13)14-9-5-2-6-10-14;1-5(2)3-6-4-7/h1-10,15-16H,11-12H2;4-5H,3H2,1-2H3,(H,6,7). The lowest BCUT2D eigenvalue weighted by Crippen LogP contribution is -2.16. The number of amides is 1. The average molecular weight is 313 g/mol. The minimum absolute atomic E-state index is 0.217. The van der Waals surface area contributed by atoms with Gasteiger partial charge in [-0.1, -0.05) is 74.5 Å². The predicted octanol–water partition coefficient (Wildman–Crippen LogP) is 3.59. The fourth-order valence-electron chi connectivity index (χ4n) is 2.31. The molecular formula is C20H27NO2. The quantitative estimate of drug-likeness (QED) is 0.768. The molecule has 124 valence electrons. The largest absolute Gasteiger partial charge is 0.396 e. The van der Waals surface area contributed by atoms with E-state index in [-0.39, 0.29) is 6.61 Å². The lowest BCUT2D eigenvalue weighted by Gasteiger charge is -2.16. The summed E-state index contributed by atoms with van der Waals surface area (Å²) in [6.07, 6.45) is 1.49. The molecule has 0 saturated heterocycles. The number of hydrogen-bond donors (Lipinski definition) is 2. The third kappa shape index (κ3) is 7.61. The number of benzene rings is 2. The number of hydrogen-bond acceptors (Lipinski definition) is 2. The topological polar surface area (TPSA) is 49.3 Å². The minimum atomic E-state index is 0.217. The van der Waals surface area contributed by atoms with Gasteiger partial charge in [-0.25, -0.2) is 0 Å². The highest BCUT2D eigenvalue weighted by molar-refractivity contribution is 5.45. The van der Waals surface area contributed by atoms with Gasteiger partial charge in [0.15, 0.2) is 0 Å². The van der Waals surface area contributed by atoms with E-state index in [0.717, 1.165) is 19.4 Å². The van der Waals surface area contributed by atoms with Crippen LogP contribution in [0, 0.1) is 5.92 Å². The van der Waals surface area contributed by atoms with Crippen LogP contribution in [0.15, 0.2) is 60.7 Å². The van der Waals surface area contributed by atoms with Crippen molar-refractivity contribution < 1.29 is 9.90 Å². The van der Waals surface area contributed by atoms with E-state index in [1.165, 1.54) is 11.1 Å². The summed E-state index contributed by atoms with van der Waals surface area (Å²) in [6, 6.07) is 20.7. The number of nitrogens with one attached hydrogen (secondary N) is 1. The lowest BCUT2D eigenvalue weighted by molar-refractivity contribution is -0.109. The summed E-state index contributed by atoms with van der Waals surface area (Å²) in [6.45, 7) is 5.10. The second-order valence-corrected chi connectivity index (χ2v) is 5.81. The van der Waals surface area contributed by atoms with Crippen LogP contribution in [0.1, 0.15) is 37.3 Å². The first kappa shape index (κ1) is 18.9. The maximum Gasteiger partial charge on any atom is 0.207 e. The molecule has 0 aromatic heterocycles. The van der Waals surface area contributed by atoms with Crippen molar-refractivity contribution in [2.45, 2.75) is 26.2 Å². The third-order valence-corrected chi connectivity index (χ3v) is 3.43. The Labute approximate surface area is 139 Å². The molecule has 1 amide bonds. The summed E-state index contributed by atoms with van der Waals surface area (Å²) in [5.74, 6) is 0.859. The molecule has 2 aromatic rings. The summed E-state index contributed by atoms with van der Waals surface area (Å²) >= 11 is 0. The van der Waals surface area contributed by atoms with Gasteiger partial charge in [-0.15, -0.1) is 0 Å². The van der Waals surface area contributed by atoms with Gasteiger partial charge in [0, 0.05) is 19.1 Å². The van der Waals surface area contributed by atoms with Crippen LogP contribution in [0.4, 0.5) is 0 Å². The van der Waals surface area contributed by atoms with E-state index in [1.807, 2.05) is 36.4 Å². The van der Waals surface area contributed by atoms with Gasteiger partial charge in [0.1, 0.15) is 0 Å². The number of aliphatic hydroxyl groups excluding tert-OH is 1. The molecule has 0 spiro atoms. The number of carbonyl (C=O) groups excluding carboxylic acids is 1. The molecule has 0 unspecified atom stereocenters. The molecule has 0 radical (unpaired) electrons. The molecule has 0 aliphatic heterocycles. The molecule has 2 N–H and O–H groups in total. The summed E-state index contributed by atoms with van der Waals surface area (Å²) in [5.41, 5.74) is 2.53. The van der Waals surface area contributed by atoms with Crippen molar-refractivity contribution in [2.24, 2.45) is 5.92 Å². The zero-order valence-electron chi connectivity index (χ0n) is 14.0. The normalized spacial score (nSPS) is 10.1. The number of rotatable bonds is 7. The first-order valence-corrected chi connectivity index (χ1v) is 8.06. The lowest BCUT2D eigenvalue weighted by atomic mass is 9.89. The van der Waals surface area contributed by atoms with Crippen LogP contribution < -0.4 is 5.32 Å². The Hall–Kier alpha value is -2.13. The molecule has 2 rings (SSSR count). The Bertz CT molecular complexity index is 486. The molecular weight excluding hydrogens is 286 g/mol. The Morgan fingerprint density at radius 1 is 0.957 bits per heavy atom. The van der Waals surface area contributed by atoms with Gasteiger partial charge in [-0.05, 0) is 23.5 Å². The molecule has 0 bridgehead atoms. The van der Waals surface area contributed by atoms with E-state index in [4.69, 9.17) is 5.11 Å². The molecule has 3 nitrogen and oxygen atoms in total. The van der Waals surface area contributed by atoms with Gasteiger partial charge in [0.25, 0.3) is 0 Å². The smallest absolute Gasteiger partial charge is 0.207 e. The maximum atomic E-state index is 9.60. The highest BCUT2D eigenvalue weighted by atomic mass is 16.3. The molecule has 23 heavy (non-hydrogen) atoms. The molecule has 0 atom stereocenters. The molecule has 0 aliphatic carbocycles. The van der Waals surface area contributed by atoms with Crippen molar-refractivity contribution in [3.8, 4) is 0 Å². The van der Waals surface area contributed by atoms with Gasteiger partial charge in [-0.3, -0.25) is 4.79 Å². The third-order valence-electron chi connectivity index (χ3n) is 3.43. The van der Waals surface area contributed by atoms with Crippen LogP contribution in [0.2, 0.25) is 0 Å². The summed E-state index contributed by atoms with van der Waals surface area (Å²) in [4.78, 5) is 9.60. The molecule has 0 fully saturated rings. The van der Waals surface area contributed by atoms with Gasteiger partial charge < -0.3 is 10.4 Å². The summed E-state index contributed by atoms with van der Waals surface area (Å²) < 4.78 is 0. The maximum absolute atomic E-state index is 9.60. The monoisotopic (exact) mass is 313 g/mol. The van der Waals surface area contributed by atoms with Crippen LogP contribution in [0.25, 0.3) is 0 Å². The molecule has 3 heteroatoms. The average Bonchev–Trinajstić information content (AvgIpc) is 2.60. The van der Waals surface area contributed by atoms with Crippen LogP contribution in [-0.4, -0.2) is 24.7 Å². The van der Waals surface area contributed by atoms with E-state index in [1.54, 1.807) is 0 Å². The van der Waals surface area contributed by atoms with Crippen molar-refractivity contribution in [2.75, 3.05) is 13.2 Å². The van der Waals surface area contributed by atoms with Crippen molar-refractivity contribution >= 4 is 6.41 Å². The van der Waals surface area contributed by atoms with Crippen molar-refractivity contribution in [1.29, 1.82) is 0 Å². The summed E-state index contributed by atoms with van der Waals surface area (Å²) in [5, 5.41) is 11.7. The fourth-order valence-corrected chi connectivity index (χ4v) is 2.31. The fraction of sp³-hybridized carbons (Fsp3) is 0.350. The minimum Gasteiger partial charge on any atom is -0.396 e. The molecule has 0 saturated carbocycles. The van der Waals surface area contributed by atoms with E-state index >= 15 is 0 Å². The van der Waals surface area contributed by atoms with Crippen molar-refractivity contribution in [3.05, 3.63) is 71.8 Å². The van der Waals surface area contributed by atoms with Gasteiger partial charge in [0.2, 0.25) is 6.41 Å².